The smallest absolute Gasteiger partial charge is 0.387 e. The van der Waals surface area contributed by atoms with Crippen molar-refractivity contribution in [1.82, 2.24) is 0 Å². The average Bonchev–Trinajstić information content (AvgIpc) is 3.55. The Labute approximate surface area is 172 Å². The minimum absolute atomic E-state index is 0.0195. The van der Waals surface area contributed by atoms with Gasteiger partial charge in [0.05, 0.1) is 6.61 Å². The molecule has 0 unspecified atom stereocenters. The number of hydrogen-bond acceptors (Lipinski definition) is 4. The van der Waals surface area contributed by atoms with Gasteiger partial charge in [-0.15, -0.1) is 0 Å². The molecule has 158 valence electrons. The minimum Gasteiger partial charge on any atom is -0.490 e. The Balaban J connectivity index is 1.58. The SMILES string of the molecule is CCOc1cc(/C=C/C(=O)Nc2ccc(NC(=O)C3CC3)cc2)ccc1OC(F)F. The quantitative estimate of drug-likeness (QED) is 0.582. The van der Waals surface area contributed by atoms with Gasteiger partial charge in [-0.2, -0.15) is 8.78 Å². The van der Waals surface area contributed by atoms with Crippen LogP contribution in [0.4, 0.5) is 20.2 Å². The Morgan fingerprint density at radius 1 is 1.07 bits per heavy atom. The van der Waals surface area contributed by atoms with Crippen molar-refractivity contribution in [2.75, 3.05) is 17.2 Å². The van der Waals surface area contributed by atoms with Crippen LogP contribution in [0.3, 0.4) is 0 Å². The summed E-state index contributed by atoms with van der Waals surface area (Å²) in [5.41, 5.74) is 1.84. The van der Waals surface area contributed by atoms with Crippen LogP contribution in [0.1, 0.15) is 25.3 Å². The second kappa shape index (κ2) is 9.87. The van der Waals surface area contributed by atoms with E-state index in [1.807, 2.05) is 0 Å². The normalized spacial score (nSPS) is 13.3. The van der Waals surface area contributed by atoms with Crippen molar-refractivity contribution in [1.29, 1.82) is 0 Å². The molecule has 6 nitrogen and oxygen atoms in total. The van der Waals surface area contributed by atoms with E-state index in [9.17, 15) is 18.4 Å². The van der Waals surface area contributed by atoms with Crippen molar-refractivity contribution in [3.63, 3.8) is 0 Å². The Bertz CT molecular complexity index is 925. The number of carbonyl (C=O) groups is 2. The standard InChI is InChI=1S/C22H22F2N2O4/c1-2-29-19-13-14(3-11-18(19)30-22(23)24)4-12-20(27)25-16-7-9-17(10-8-16)26-21(28)15-5-6-15/h3-4,7-13,15,22H,2,5-6H2,1H3,(H,25,27)(H,26,28)/b12-4+. The van der Waals surface area contributed by atoms with Crippen LogP contribution in [0.2, 0.25) is 0 Å². The molecule has 2 N–H and O–H groups in total. The fraction of sp³-hybridized carbons (Fsp3) is 0.273. The average molecular weight is 416 g/mol. The molecule has 30 heavy (non-hydrogen) atoms. The van der Waals surface area contributed by atoms with Crippen LogP contribution in [0, 0.1) is 5.92 Å². The summed E-state index contributed by atoms with van der Waals surface area (Å²) in [4.78, 5) is 23.9. The van der Waals surface area contributed by atoms with E-state index in [0.717, 1.165) is 12.8 Å². The molecule has 8 heteroatoms. The summed E-state index contributed by atoms with van der Waals surface area (Å²) >= 11 is 0. The number of alkyl halides is 2. The molecule has 1 aliphatic rings. The van der Waals surface area contributed by atoms with Crippen LogP contribution >= 0.6 is 0 Å². The van der Waals surface area contributed by atoms with Crippen molar-refractivity contribution >= 4 is 29.3 Å². The molecule has 0 aliphatic heterocycles. The maximum absolute atomic E-state index is 12.5. The van der Waals surface area contributed by atoms with E-state index >= 15 is 0 Å². The van der Waals surface area contributed by atoms with Gasteiger partial charge < -0.3 is 20.1 Å². The molecular formula is C22H22F2N2O4. The summed E-state index contributed by atoms with van der Waals surface area (Å²) in [6, 6.07) is 11.2. The van der Waals surface area contributed by atoms with Gasteiger partial charge in [-0.3, -0.25) is 9.59 Å². The van der Waals surface area contributed by atoms with E-state index in [0.29, 0.717) is 16.9 Å². The highest BCUT2D eigenvalue weighted by Crippen LogP contribution is 2.31. The summed E-state index contributed by atoms with van der Waals surface area (Å²) < 4.78 is 34.7. The number of halogens is 2. The summed E-state index contributed by atoms with van der Waals surface area (Å²) in [5.74, 6) is -0.123. The Morgan fingerprint density at radius 2 is 1.73 bits per heavy atom. The van der Waals surface area contributed by atoms with Crippen molar-refractivity contribution < 1.29 is 27.8 Å². The van der Waals surface area contributed by atoms with Crippen LogP contribution in [-0.4, -0.2) is 25.0 Å². The fourth-order valence-electron chi connectivity index (χ4n) is 2.67. The number of amides is 2. The molecule has 0 saturated heterocycles. The maximum atomic E-state index is 12.5. The van der Waals surface area contributed by atoms with E-state index in [1.165, 1.54) is 24.3 Å². The highest BCUT2D eigenvalue weighted by atomic mass is 19.3. The molecule has 0 spiro atoms. The van der Waals surface area contributed by atoms with Gasteiger partial charge in [0.2, 0.25) is 11.8 Å². The molecule has 0 heterocycles. The van der Waals surface area contributed by atoms with Crippen molar-refractivity contribution in [2.24, 2.45) is 5.92 Å². The van der Waals surface area contributed by atoms with E-state index in [-0.39, 0.29) is 35.8 Å². The van der Waals surface area contributed by atoms with Gasteiger partial charge in [-0.05, 0) is 67.8 Å². The van der Waals surface area contributed by atoms with Crippen LogP contribution in [0.15, 0.2) is 48.5 Å². The van der Waals surface area contributed by atoms with Crippen molar-refractivity contribution in [3.05, 3.63) is 54.1 Å². The summed E-state index contributed by atoms with van der Waals surface area (Å²) in [6.07, 6.45) is 4.72. The number of carbonyl (C=O) groups excluding carboxylic acids is 2. The number of ether oxygens (including phenoxy) is 2. The molecule has 0 bridgehead atoms. The molecule has 1 saturated carbocycles. The second-order valence-corrected chi connectivity index (χ2v) is 6.68. The topological polar surface area (TPSA) is 76.7 Å². The van der Waals surface area contributed by atoms with Crippen LogP contribution in [-0.2, 0) is 9.59 Å². The molecule has 2 amide bonds. The minimum atomic E-state index is -2.95. The Kier molecular flexibility index (Phi) is 7.00. The lowest BCUT2D eigenvalue weighted by Crippen LogP contribution is -2.13. The number of anilines is 2. The lowest BCUT2D eigenvalue weighted by molar-refractivity contribution is -0.117. The first kappa shape index (κ1) is 21.3. The number of hydrogen-bond donors (Lipinski definition) is 2. The predicted octanol–water partition coefficient (Wildman–Crippen LogP) is 4.69. The Hall–Kier alpha value is -3.42. The van der Waals surface area contributed by atoms with E-state index in [1.54, 1.807) is 37.3 Å². The summed E-state index contributed by atoms with van der Waals surface area (Å²) in [6.45, 7) is -0.945. The van der Waals surface area contributed by atoms with Gasteiger partial charge in [-0.1, -0.05) is 6.07 Å². The third-order valence-corrected chi connectivity index (χ3v) is 4.28. The van der Waals surface area contributed by atoms with Crippen molar-refractivity contribution in [3.8, 4) is 11.5 Å². The summed E-state index contributed by atoms with van der Waals surface area (Å²) in [5, 5.41) is 5.54. The van der Waals surface area contributed by atoms with Crippen LogP contribution < -0.4 is 20.1 Å². The van der Waals surface area contributed by atoms with Gasteiger partial charge in [0.15, 0.2) is 11.5 Å². The second-order valence-electron chi connectivity index (χ2n) is 6.68. The molecule has 1 fully saturated rings. The molecule has 0 aromatic heterocycles. The van der Waals surface area contributed by atoms with Gasteiger partial charge in [-0.25, -0.2) is 0 Å². The van der Waals surface area contributed by atoms with E-state index in [4.69, 9.17) is 4.74 Å². The maximum Gasteiger partial charge on any atom is 0.387 e. The van der Waals surface area contributed by atoms with Crippen LogP contribution in [0.25, 0.3) is 6.08 Å². The highest BCUT2D eigenvalue weighted by molar-refractivity contribution is 6.02. The zero-order chi connectivity index (χ0) is 21.5. The molecule has 1 aliphatic carbocycles. The lowest BCUT2D eigenvalue weighted by Gasteiger charge is -2.11. The molecule has 2 aromatic rings. The monoisotopic (exact) mass is 416 g/mol. The number of benzene rings is 2. The fourth-order valence-corrected chi connectivity index (χ4v) is 2.67. The molecule has 0 atom stereocenters. The zero-order valence-electron chi connectivity index (χ0n) is 16.4. The third-order valence-electron chi connectivity index (χ3n) is 4.28. The number of rotatable bonds is 9. The molecular weight excluding hydrogens is 394 g/mol. The van der Waals surface area contributed by atoms with Crippen molar-refractivity contribution in [2.45, 2.75) is 26.4 Å². The molecule has 0 radical (unpaired) electrons. The van der Waals surface area contributed by atoms with E-state index in [2.05, 4.69) is 15.4 Å². The summed E-state index contributed by atoms with van der Waals surface area (Å²) in [7, 11) is 0. The van der Waals surface area contributed by atoms with E-state index < -0.39 is 6.61 Å². The Morgan fingerprint density at radius 3 is 2.33 bits per heavy atom. The largest absolute Gasteiger partial charge is 0.490 e. The number of nitrogens with one attached hydrogen (secondary N) is 2. The first-order chi connectivity index (χ1) is 14.4. The first-order valence-electron chi connectivity index (χ1n) is 9.56. The van der Waals surface area contributed by atoms with Gasteiger partial charge >= 0.3 is 6.61 Å². The van der Waals surface area contributed by atoms with Crippen LogP contribution in [0.5, 0.6) is 11.5 Å². The molecule has 2 aromatic carbocycles. The van der Waals surface area contributed by atoms with Gasteiger partial charge in [0.25, 0.3) is 0 Å². The molecule has 3 rings (SSSR count). The third kappa shape index (κ3) is 6.30. The zero-order valence-corrected chi connectivity index (χ0v) is 16.4. The highest BCUT2D eigenvalue weighted by Gasteiger charge is 2.29. The van der Waals surface area contributed by atoms with Gasteiger partial charge in [0.1, 0.15) is 0 Å². The first-order valence-corrected chi connectivity index (χ1v) is 9.56. The van der Waals surface area contributed by atoms with Gasteiger partial charge in [0, 0.05) is 23.4 Å². The predicted molar refractivity (Wildman–Crippen MR) is 110 cm³/mol. The lowest BCUT2D eigenvalue weighted by atomic mass is 10.2.